The van der Waals surface area contributed by atoms with Gasteiger partial charge in [-0.3, -0.25) is 4.79 Å². The van der Waals surface area contributed by atoms with Crippen molar-refractivity contribution in [2.75, 3.05) is 0 Å². The van der Waals surface area contributed by atoms with Gasteiger partial charge in [0.2, 0.25) is 11.8 Å². The van der Waals surface area contributed by atoms with Crippen molar-refractivity contribution in [3.63, 3.8) is 0 Å². The van der Waals surface area contributed by atoms with Crippen LogP contribution in [0.15, 0.2) is 27.3 Å². The Morgan fingerprint density at radius 3 is 2.90 bits per heavy atom. The van der Waals surface area contributed by atoms with Crippen molar-refractivity contribution in [2.45, 2.75) is 20.3 Å². The predicted octanol–water partition coefficient (Wildman–Crippen LogP) is 2.49. The molecule has 20 heavy (non-hydrogen) atoms. The van der Waals surface area contributed by atoms with Gasteiger partial charge >= 0.3 is 0 Å². The second-order valence-electron chi connectivity index (χ2n) is 4.42. The summed E-state index contributed by atoms with van der Waals surface area (Å²) in [7, 11) is 0. The van der Waals surface area contributed by atoms with Crippen LogP contribution in [0.4, 0.5) is 0 Å². The summed E-state index contributed by atoms with van der Waals surface area (Å²) in [6.07, 6.45) is 0.0408. The van der Waals surface area contributed by atoms with Gasteiger partial charge in [-0.2, -0.15) is 16.4 Å². The van der Waals surface area contributed by atoms with Crippen molar-refractivity contribution in [3.8, 4) is 11.5 Å². The fraction of sp³-hybridized carbons (Fsp3) is 0.231. The molecular weight excluding hydrogens is 276 g/mol. The van der Waals surface area contributed by atoms with E-state index in [-0.39, 0.29) is 12.3 Å². The zero-order chi connectivity index (χ0) is 14.1. The number of aryl methyl sites for hydroxylation is 2. The first-order valence-corrected chi connectivity index (χ1v) is 6.99. The Hall–Kier alpha value is -2.28. The molecule has 0 saturated carbocycles. The van der Waals surface area contributed by atoms with Crippen molar-refractivity contribution in [1.82, 2.24) is 20.0 Å². The molecule has 0 radical (unpaired) electrons. The summed E-state index contributed by atoms with van der Waals surface area (Å²) < 4.78 is 6.85. The van der Waals surface area contributed by atoms with Gasteiger partial charge in [-0.05, 0) is 31.4 Å². The van der Waals surface area contributed by atoms with Crippen LogP contribution >= 0.6 is 11.3 Å². The average Bonchev–Trinajstić information content (AvgIpc) is 3.09. The van der Waals surface area contributed by atoms with E-state index in [1.54, 1.807) is 11.3 Å². The smallest absolute Gasteiger partial charge is 0.256 e. The van der Waals surface area contributed by atoms with Gasteiger partial charge in [0, 0.05) is 16.6 Å². The van der Waals surface area contributed by atoms with Crippen LogP contribution in [0.3, 0.4) is 0 Å². The van der Waals surface area contributed by atoms with Gasteiger partial charge in [0.15, 0.2) is 0 Å². The van der Waals surface area contributed by atoms with E-state index in [2.05, 4.69) is 15.3 Å². The summed E-state index contributed by atoms with van der Waals surface area (Å²) in [6, 6.07) is 3.74. The van der Waals surface area contributed by atoms with Crippen molar-refractivity contribution < 1.29 is 9.21 Å². The minimum absolute atomic E-state index is 0.0408. The number of nitrogens with zero attached hydrogens (tertiary/aromatic N) is 4. The number of hydrogen-bond acceptors (Lipinski definition) is 6. The molecule has 0 N–H and O–H groups in total. The lowest BCUT2D eigenvalue weighted by molar-refractivity contribution is 0.0887. The van der Waals surface area contributed by atoms with E-state index >= 15 is 0 Å². The fourth-order valence-electron chi connectivity index (χ4n) is 1.91. The number of aromatic nitrogens is 4. The number of hydrogen-bond donors (Lipinski definition) is 0. The Morgan fingerprint density at radius 2 is 2.25 bits per heavy atom. The lowest BCUT2D eigenvalue weighted by Crippen LogP contribution is -2.16. The van der Waals surface area contributed by atoms with Crippen LogP contribution in [-0.2, 0) is 6.42 Å². The highest BCUT2D eigenvalue weighted by Crippen LogP contribution is 2.20. The largest absolute Gasteiger partial charge is 0.420 e. The Morgan fingerprint density at radius 1 is 1.40 bits per heavy atom. The zero-order valence-corrected chi connectivity index (χ0v) is 11.8. The third-order valence-electron chi connectivity index (χ3n) is 2.78. The third kappa shape index (κ3) is 2.39. The van der Waals surface area contributed by atoms with Gasteiger partial charge in [-0.25, -0.2) is 4.68 Å². The molecule has 0 aliphatic rings. The van der Waals surface area contributed by atoms with Crippen molar-refractivity contribution in [2.24, 2.45) is 0 Å². The summed E-state index contributed by atoms with van der Waals surface area (Å²) in [5.41, 5.74) is 2.47. The molecule has 0 aliphatic heterocycles. The molecular formula is C13H12N4O2S. The molecule has 102 valence electrons. The molecule has 3 rings (SSSR count). The quantitative estimate of drug-likeness (QED) is 0.740. The van der Waals surface area contributed by atoms with E-state index in [0.717, 1.165) is 17.0 Å². The van der Waals surface area contributed by atoms with E-state index in [1.807, 2.05) is 36.7 Å². The van der Waals surface area contributed by atoms with Crippen LogP contribution < -0.4 is 0 Å². The fourth-order valence-corrected chi connectivity index (χ4v) is 2.54. The third-order valence-corrected chi connectivity index (χ3v) is 3.47. The number of carbonyl (C=O) groups is 1. The molecule has 0 spiro atoms. The van der Waals surface area contributed by atoms with Crippen LogP contribution in [0.1, 0.15) is 22.1 Å². The van der Waals surface area contributed by atoms with E-state index in [1.165, 1.54) is 4.68 Å². The van der Waals surface area contributed by atoms with E-state index in [4.69, 9.17) is 4.42 Å². The van der Waals surface area contributed by atoms with Gasteiger partial charge in [-0.1, -0.05) is 0 Å². The summed E-state index contributed by atoms with van der Waals surface area (Å²) in [5.74, 6) is 0.544. The molecule has 0 unspecified atom stereocenters. The van der Waals surface area contributed by atoms with Crippen molar-refractivity contribution in [3.05, 3.63) is 40.2 Å². The van der Waals surface area contributed by atoms with Crippen LogP contribution in [0.5, 0.6) is 0 Å². The number of thiophene rings is 1. The maximum Gasteiger partial charge on any atom is 0.256 e. The Labute approximate surface area is 119 Å². The van der Waals surface area contributed by atoms with E-state index in [9.17, 15) is 4.79 Å². The maximum absolute atomic E-state index is 12.1. The summed E-state index contributed by atoms with van der Waals surface area (Å²) >= 11 is 1.55. The minimum atomic E-state index is -0.184. The molecule has 0 aromatic carbocycles. The second kappa shape index (κ2) is 5.01. The molecule has 7 heteroatoms. The van der Waals surface area contributed by atoms with Gasteiger partial charge in [0.1, 0.15) is 6.42 Å². The highest BCUT2D eigenvalue weighted by atomic mass is 32.1. The van der Waals surface area contributed by atoms with Crippen LogP contribution in [0.25, 0.3) is 11.5 Å². The summed E-state index contributed by atoms with van der Waals surface area (Å²) in [6.45, 7) is 3.68. The molecule has 0 fully saturated rings. The maximum atomic E-state index is 12.1. The molecule has 3 heterocycles. The van der Waals surface area contributed by atoms with Crippen LogP contribution in [-0.4, -0.2) is 25.9 Å². The summed E-state index contributed by atoms with van der Waals surface area (Å²) in [5, 5.41) is 15.8. The topological polar surface area (TPSA) is 73.8 Å². The standard InChI is InChI=1S/C13H12N4O2S/c1-8-5-9(2)17(16-8)12(18)6-11-14-15-13(19-11)10-3-4-20-7-10/h3-5,7H,6H2,1-2H3. The Bertz CT molecular complexity index is 742. The van der Waals surface area contributed by atoms with Crippen molar-refractivity contribution in [1.29, 1.82) is 0 Å². The molecule has 0 atom stereocenters. The highest BCUT2D eigenvalue weighted by Gasteiger charge is 2.16. The lowest BCUT2D eigenvalue weighted by atomic mass is 10.3. The SMILES string of the molecule is Cc1cc(C)n(C(=O)Cc2nnc(-c3ccsc3)o2)n1. The zero-order valence-electron chi connectivity index (χ0n) is 11.0. The van der Waals surface area contributed by atoms with Crippen LogP contribution in [0, 0.1) is 13.8 Å². The lowest BCUT2D eigenvalue weighted by Gasteiger charge is -1.99. The second-order valence-corrected chi connectivity index (χ2v) is 5.20. The molecule has 3 aromatic rings. The molecule has 0 amide bonds. The molecule has 0 saturated heterocycles. The average molecular weight is 288 g/mol. The first-order chi connectivity index (χ1) is 9.63. The first kappa shape index (κ1) is 12.7. The van der Waals surface area contributed by atoms with Gasteiger partial charge in [0.25, 0.3) is 5.91 Å². The predicted molar refractivity (Wildman–Crippen MR) is 73.6 cm³/mol. The molecule has 6 nitrogen and oxygen atoms in total. The van der Waals surface area contributed by atoms with E-state index in [0.29, 0.717) is 11.8 Å². The van der Waals surface area contributed by atoms with Gasteiger partial charge in [0.05, 0.1) is 5.69 Å². The molecule has 0 aliphatic carbocycles. The number of rotatable bonds is 3. The van der Waals surface area contributed by atoms with E-state index < -0.39 is 0 Å². The van der Waals surface area contributed by atoms with Gasteiger partial charge < -0.3 is 4.42 Å². The summed E-state index contributed by atoms with van der Waals surface area (Å²) in [4.78, 5) is 12.1. The number of carbonyl (C=O) groups excluding carboxylic acids is 1. The van der Waals surface area contributed by atoms with Crippen molar-refractivity contribution >= 4 is 17.2 Å². The van der Waals surface area contributed by atoms with Crippen LogP contribution in [0.2, 0.25) is 0 Å². The molecule has 3 aromatic heterocycles. The molecule has 0 bridgehead atoms. The first-order valence-electron chi connectivity index (χ1n) is 6.05. The van der Waals surface area contributed by atoms with Gasteiger partial charge in [-0.15, -0.1) is 10.2 Å². The normalized spacial score (nSPS) is 10.9. The highest BCUT2D eigenvalue weighted by molar-refractivity contribution is 7.08. The minimum Gasteiger partial charge on any atom is -0.420 e. The Balaban J connectivity index is 1.78. The monoisotopic (exact) mass is 288 g/mol. The Kier molecular flexibility index (Phi) is 3.19.